The molecule has 1 saturated heterocycles. The second-order valence-corrected chi connectivity index (χ2v) is 8.72. The quantitative estimate of drug-likeness (QED) is 0.685. The van der Waals surface area contributed by atoms with Crippen LogP contribution in [0.15, 0.2) is 48.5 Å². The van der Waals surface area contributed by atoms with Crippen molar-refractivity contribution >= 4 is 40.6 Å². The van der Waals surface area contributed by atoms with Gasteiger partial charge in [-0.25, -0.2) is 4.79 Å². The molecule has 7 heteroatoms. The third-order valence-electron chi connectivity index (χ3n) is 6.14. The minimum atomic E-state index is -0.301. The van der Waals surface area contributed by atoms with Crippen molar-refractivity contribution in [2.24, 2.45) is 5.92 Å². The lowest BCUT2D eigenvalue weighted by Gasteiger charge is -2.38. The fourth-order valence-corrected chi connectivity index (χ4v) is 4.50. The Hall–Kier alpha value is -2.73. The molecule has 0 aromatic heterocycles. The van der Waals surface area contributed by atoms with Gasteiger partial charge in [-0.1, -0.05) is 30.9 Å². The van der Waals surface area contributed by atoms with E-state index in [1.807, 2.05) is 29.2 Å². The lowest BCUT2D eigenvalue weighted by atomic mass is 9.88. The largest absolute Gasteiger partial charge is 0.368 e. The Labute approximate surface area is 188 Å². The monoisotopic (exact) mass is 440 g/mol. The van der Waals surface area contributed by atoms with E-state index in [-0.39, 0.29) is 11.9 Å². The van der Waals surface area contributed by atoms with Crippen LogP contribution < -0.4 is 15.5 Å². The average molecular weight is 441 g/mol. The van der Waals surface area contributed by atoms with Crippen LogP contribution >= 0.6 is 11.6 Å². The molecule has 31 heavy (non-hydrogen) atoms. The summed E-state index contributed by atoms with van der Waals surface area (Å²) in [5.74, 6) is 0.593. The summed E-state index contributed by atoms with van der Waals surface area (Å²) in [5.41, 5.74) is 2.51. The summed E-state index contributed by atoms with van der Waals surface area (Å²) in [4.78, 5) is 29.3. The first kappa shape index (κ1) is 21.5. The number of nitrogens with zero attached hydrogens (tertiary/aromatic N) is 2. The third kappa shape index (κ3) is 5.70. The molecule has 1 aliphatic carbocycles. The second kappa shape index (κ2) is 10.1. The van der Waals surface area contributed by atoms with Crippen molar-refractivity contribution in [3.63, 3.8) is 0 Å². The highest BCUT2D eigenvalue weighted by atomic mass is 35.5. The van der Waals surface area contributed by atoms with Crippen LogP contribution in [0.2, 0.25) is 5.02 Å². The highest BCUT2D eigenvalue weighted by Gasteiger charge is 2.28. The molecule has 0 radical (unpaired) electrons. The molecule has 6 nitrogen and oxygen atoms in total. The molecular formula is C24H29ClN4O2. The van der Waals surface area contributed by atoms with Crippen LogP contribution in [-0.2, 0) is 4.79 Å². The van der Waals surface area contributed by atoms with Crippen LogP contribution in [0.1, 0.15) is 32.1 Å². The molecule has 2 aromatic rings. The van der Waals surface area contributed by atoms with Gasteiger partial charge in [0.15, 0.2) is 0 Å². The van der Waals surface area contributed by atoms with Crippen molar-refractivity contribution in [2.45, 2.75) is 32.1 Å². The maximum atomic E-state index is 12.7. The van der Waals surface area contributed by atoms with Gasteiger partial charge in [0.1, 0.15) is 0 Å². The molecule has 0 atom stereocenters. The lowest BCUT2D eigenvalue weighted by molar-refractivity contribution is -0.136. The number of nitrogens with one attached hydrogen (secondary N) is 2. The first-order valence-electron chi connectivity index (χ1n) is 11.1. The summed E-state index contributed by atoms with van der Waals surface area (Å²) < 4.78 is 0. The molecule has 0 spiro atoms. The Bertz CT molecular complexity index is 887. The Balaban J connectivity index is 1.26. The first-order chi connectivity index (χ1) is 15.1. The number of rotatable bonds is 4. The maximum Gasteiger partial charge on any atom is 0.323 e. The summed E-state index contributed by atoms with van der Waals surface area (Å²) in [6, 6.07) is 14.5. The van der Waals surface area contributed by atoms with Gasteiger partial charge >= 0.3 is 6.03 Å². The topological polar surface area (TPSA) is 64.7 Å². The van der Waals surface area contributed by atoms with Crippen LogP contribution in [0.4, 0.5) is 21.9 Å². The number of amides is 3. The average Bonchev–Trinajstić information content (AvgIpc) is 2.81. The van der Waals surface area contributed by atoms with E-state index in [2.05, 4.69) is 15.5 Å². The molecule has 2 aliphatic rings. The van der Waals surface area contributed by atoms with Gasteiger partial charge in [-0.15, -0.1) is 0 Å². The van der Waals surface area contributed by atoms with Crippen LogP contribution in [0.3, 0.4) is 0 Å². The standard InChI is InChI=1S/C24H29ClN4O2/c25-19-6-8-20(9-7-19)26-24(31)27-21-10-12-22(13-11-21)28-14-16-29(17-15-28)23(30)18-4-2-1-3-5-18/h6-13,18H,1-5,14-17H2,(H2,26,27,31). The van der Waals surface area contributed by atoms with E-state index in [4.69, 9.17) is 11.6 Å². The van der Waals surface area contributed by atoms with E-state index in [0.29, 0.717) is 16.6 Å². The fourth-order valence-electron chi connectivity index (χ4n) is 4.38. The first-order valence-corrected chi connectivity index (χ1v) is 11.4. The van der Waals surface area contributed by atoms with Crippen molar-refractivity contribution in [1.82, 2.24) is 4.90 Å². The van der Waals surface area contributed by atoms with E-state index in [1.54, 1.807) is 24.3 Å². The maximum absolute atomic E-state index is 12.7. The molecule has 0 unspecified atom stereocenters. The number of piperazine rings is 1. The zero-order valence-corrected chi connectivity index (χ0v) is 18.4. The van der Waals surface area contributed by atoms with Crippen molar-refractivity contribution in [1.29, 1.82) is 0 Å². The van der Waals surface area contributed by atoms with Gasteiger partial charge in [-0.05, 0) is 61.4 Å². The van der Waals surface area contributed by atoms with Crippen LogP contribution in [0.5, 0.6) is 0 Å². The van der Waals surface area contributed by atoms with Gasteiger partial charge in [0, 0.05) is 54.2 Å². The number of carbonyl (C=O) groups excluding carboxylic acids is 2. The minimum absolute atomic E-state index is 0.240. The van der Waals surface area contributed by atoms with Crippen LogP contribution in [0, 0.1) is 5.92 Å². The Morgan fingerprint density at radius 1 is 0.774 bits per heavy atom. The van der Waals surface area contributed by atoms with E-state index in [9.17, 15) is 9.59 Å². The van der Waals surface area contributed by atoms with E-state index < -0.39 is 0 Å². The third-order valence-corrected chi connectivity index (χ3v) is 6.39. The summed E-state index contributed by atoms with van der Waals surface area (Å²) >= 11 is 5.86. The lowest BCUT2D eigenvalue weighted by Crippen LogP contribution is -2.50. The van der Waals surface area contributed by atoms with E-state index >= 15 is 0 Å². The molecule has 3 amide bonds. The van der Waals surface area contributed by atoms with Gasteiger partial charge in [0.05, 0.1) is 0 Å². The Morgan fingerprint density at radius 2 is 1.32 bits per heavy atom. The second-order valence-electron chi connectivity index (χ2n) is 8.28. The minimum Gasteiger partial charge on any atom is -0.368 e. The molecule has 2 aromatic carbocycles. The molecule has 4 rings (SSSR count). The van der Waals surface area contributed by atoms with Gasteiger partial charge in [0.2, 0.25) is 5.91 Å². The summed E-state index contributed by atoms with van der Waals surface area (Å²) in [6.45, 7) is 3.22. The van der Waals surface area contributed by atoms with Crippen LogP contribution in [-0.4, -0.2) is 43.0 Å². The van der Waals surface area contributed by atoms with Crippen molar-refractivity contribution < 1.29 is 9.59 Å². The molecular weight excluding hydrogens is 412 g/mol. The van der Waals surface area contributed by atoms with Crippen molar-refractivity contribution in [3.05, 3.63) is 53.6 Å². The smallest absolute Gasteiger partial charge is 0.323 e. The normalized spacial score (nSPS) is 17.3. The molecule has 2 N–H and O–H groups in total. The molecule has 0 bridgehead atoms. The molecule has 164 valence electrons. The van der Waals surface area contributed by atoms with Gasteiger partial charge in [-0.3, -0.25) is 4.79 Å². The summed E-state index contributed by atoms with van der Waals surface area (Å²) in [5, 5.41) is 6.25. The van der Waals surface area contributed by atoms with Crippen molar-refractivity contribution in [2.75, 3.05) is 41.7 Å². The van der Waals surface area contributed by atoms with Gasteiger partial charge in [0.25, 0.3) is 0 Å². The highest BCUT2D eigenvalue weighted by molar-refractivity contribution is 6.30. The Morgan fingerprint density at radius 3 is 1.90 bits per heavy atom. The predicted octanol–water partition coefficient (Wildman–Crippen LogP) is 5.21. The number of urea groups is 1. The summed E-state index contributed by atoms with van der Waals surface area (Å²) in [6.07, 6.45) is 5.76. The Kier molecular flexibility index (Phi) is 6.97. The number of carbonyl (C=O) groups is 2. The zero-order valence-electron chi connectivity index (χ0n) is 17.6. The molecule has 1 heterocycles. The zero-order chi connectivity index (χ0) is 21.6. The SMILES string of the molecule is O=C(Nc1ccc(Cl)cc1)Nc1ccc(N2CCN(C(=O)C3CCCCC3)CC2)cc1. The van der Waals surface area contributed by atoms with Gasteiger partial charge in [-0.2, -0.15) is 0 Å². The number of benzene rings is 2. The van der Waals surface area contributed by atoms with Gasteiger partial charge < -0.3 is 20.4 Å². The van der Waals surface area contributed by atoms with E-state index in [0.717, 1.165) is 50.4 Å². The molecule has 1 saturated carbocycles. The van der Waals surface area contributed by atoms with Crippen LogP contribution in [0.25, 0.3) is 0 Å². The predicted molar refractivity (Wildman–Crippen MR) is 126 cm³/mol. The highest BCUT2D eigenvalue weighted by Crippen LogP contribution is 2.26. The number of hydrogen-bond acceptors (Lipinski definition) is 3. The molecule has 1 aliphatic heterocycles. The van der Waals surface area contributed by atoms with E-state index in [1.165, 1.54) is 19.3 Å². The fraction of sp³-hybridized carbons (Fsp3) is 0.417. The number of hydrogen-bond donors (Lipinski definition) is 2. The summed E-state index contributed by atoms with van der Waals surface area (Å²) in [7, 11) is 0. The van der Waals surface area contributed by atoms with Crippen molar-refractivity contribution in [3.8, 4) is 0 Å². The molecule has 2 fully saturated rings. The number of halogens is 1. The number of anilines is 3.